The van der Waals surface area contributed by atoms with Crippen molar-refractivity contribution in [2.45, 2.75) is 13.0 Å². The van der Waals surface area contributed by atoms with E-state index in [0.717, 1.165) is 5.56 Å². The number of amides is 2. The van der Waals surface area contributed by atoms with Crippen LogP contribution in [0.15, 0.2) is 48.5 Å². The fraction of sp³-hybridized carbons (Fsp3) is 0.133. The molecule has 0 fully saturated rings. The molecule has 0 aromatic heterocycles. The van der Waals surface area contributed by atoms with Crippen molar-refractivity contribution in [1.82, 2.24) is 5.32 Å². The Morgan fingerprint density at radius 1 is 1.20 bits per heavy atom. The molecule has 0 bridgehead atoms. The maximum Gasteiger partial charge on any atom is 0.319 e. The van der Waals surface area contributed by atoms with Crippen LogP contribution in [0.2, 0.25) is 5.02 Å². The highest BCUT2D eigenvalue weighted by atomic mass is 35.5. The number of urea groups is 1. The first-order valence-corrected chi connectivity index (χ1v) is 6.61. The van der Waals surface area contributed by atoms with Crippen LogP contribution in [0.1, 0.15) is 18.5 Å². The predicted molar refractivity (Wildman–Crippen MR) is 82.9 cm³/mol. The third-order valence-electron chi connectivity index (χ3n) is 2.87. The molecule has 1 unspecified atom stereocenters. The summed E-state index contributed by atoms with van der Waals surface area (Å²) in [5.74, 6) is 0. The number of benzene rings is 2. The molecule has 0 radical (unpaired) electrons. The van der Waals surface area contributed by atoms with Gasteiger partial charge < -0.3 is 16.4 Å². The van der Waals surface area contributed by atoms with Gasteiger partial charge in [-0.05, 0) is 42.8 Å². The normalized spacial score (nSPS) is 11.7. The summed E-state index contributed by atoms with van der Waals surface area (Å²) in [4.78, 5) is 11.9. The molecule has 0 saturated carbocycles. The molecule has 2 amide bonds. The molecule has 4 nitrogen and oxygen atoms in total. The monoisotopic (exact) mass is 289 g/mol. The Morgan fingerprint density at radius 3 is 2.55 bits per heavy atom. The maximum atomic E-state index is 11.9. The van der Waals surface area contributed by atoms with Crippen molar-refractivity contribution in [3.63, 3.8) is 0 Å². The molecule has 2 rings (SSSR count). The van der Waals surface area contributed by atoms with E-state index in [-0.39, 0.29) is 12.1 Å². The van der Waals surface area contributed by atoms with Gasteiger partial charge in [0.15, 0.2) is 0 Å². The van der Waals surface area contributed by atoms with E-state index in [1.54, 1.807) is 24.3 Å². The number of nitrogens with one attached hydrogen (secondary N) is 2. The number of nitrogens with two attached hydrogens (primary N) is 1. The molecular formula is C15H16ClN3O. The summed E-state index contributed by atoms with van der Waals surface area (Å²) in [6, 6.07) is 14.0. The smallest absolute Gasteiger partial charge is 0.319 e. The van der Waals surface area contributed by atoms with Crippen LogP contribution >= 0.6 is 11.6 Å². The van der Waals surface area contributed by atoms with E-state index in [9.17, 15) is 4.79 Å². The van der Waals surface area contributed by atoms with Crippen molar-refractivity contribution in [2.75, 3.05) is 11.1 Å². The molecule has 0 heterocycles. The predicted octanol–water partition coefficient (Wildman–Crippen LogP) is 3.80. The van der Waals surface area contributed by atoms with Gasteiger partial charge in [0.05, 0.1) is 6.04 Å². The van der Waals surface area contributed by atoms with Gasteiger partial charge in [0, 0.05) is 16.4 Å². The molecular weight excluding hydrogens is 274 g/mol. The molecule has 4 N–H and O–H groups in total. The van der Waals surface area contributed by atoms with Gasteiger partial charge in [0.25, 0.3) is 0 Å². The summed E-state index contributed by atoms with van der Waals surface area (Å²) < 4.78 is 0. The average molecular weight is 290 g/mol. The lowest BCUT2D eigenvalue weighted by molar-refractivity contribution is 0.249. The molecule has 20 heavy (non-hydrogen) atoms. The van der Waals surface area contributed by atoms with Gasteiger partial charge in [0.2, 0.25) is 0 Å². The van der Waals surface area contributed by atoms with E-state index in [0.29, 0.717) is 16.4 Å². The summed E-state index contributed by atoms with van der Waals surface area (Å²) in [7, 11) is 0. The number of rotatable bonds is 3. The summed E-state index contributed by atoms with van der Waals surface area (Å²) in [5, 5.41) is 6.16. The third kappa shape index (κ3) is 3.90. The lowest BCUT2D eigenvalue weighted by atomic mass is 10.1. The average Bonchev–Trinajstić information content (AvgIpc) is 2.39. The summed E-state index contributed by atoms with van der Waals surface area (Å²) in [6.45, 7) is 1.91. The van der Waals surface area contributed by atoms with E-state index in [1.165, 1.54) is 0 Å². The van der Waals surface area contributed by atoms with Crippen molar-refractivity contribution < 1.29 is 4.79 Å². The Morgan fingerprint density at radius 2 is 1.90 bits per heavy atom. The zero-order valence-corrected chi connectivity index (χ0v) is 11.8. The quantitative estimate of drug-likeness (QED) is 0.752. The van der Waals surface area contributed by atoms with E-state index in [4.69, 9.17) is 17.3 Å². The molecule has 0 saturated heterocycles. The first-order chi connectivity index (χ1) is 9.54. The molecule has 2 aromatic carbocycles. The minimum atomic E-state index is -0.281. The SMILES string of the molecule is CC(NC(=O)Nc1cccc(Cl)c1)c1ccc(N)cc1. The Bertz CT molecular complexity index is 598. The van der Waals surface area contributed by atoms with Gasteiger partial charge in [-0.3, -0.25) is 0 Å². The number of anilines is 2. The van der Waals surface area contributed by atoms with E-state index in [1.807, 2.05) is 31.2 Å². The molecule has 5 heteroatoms. The summed E-state index contributed by atoms with van der Waals surface area (Å²) in [6.07, 6.45) is 0. The van der Waals surface area contributed by atoms with Crippen molar-refractivity contribution in [2.24, 2.45) is 0 Å². The van der Waals surface area contributed by atoms with Crippen LogP contribution in [0, 0.1) is 0 Å². The van der Waals surface area contributed by atoms with Gasteiger partial charge in [0.1, 0.15) is 0 Å². The van der Waals surface area contributed by atoms with Crippen molar-refractivity contribution >= 4 is 29.0 Å². The number of carbonyl (C=O) groups excluding carboxylic acids is 1. The van der Waals surface area contributed by atoms with Crippen LogP contribution in [0.4, 0.5) is 16.2 Å². The first kappa shape index (κ1) is 14.2. The fourth-order valence-corrected chi connectivity index (χ4v) is 1.99. The van der Waals surface area contributed by atoms with Gasteiger partial charge in [-0.1, -0.05) is 29.8 Å². The largest absolute Gasteiger partial charge is 0.399 e. The molecule has 0 aliphatic rings. The number of halogens is 1. The fourth-order valence-electron chi connectivity index (χ4n) is 1.80. The van der Waals surface area contributed by atoms with Gasteiger partial charge in [-0.15, -0.1) is 0 Å². The van der Waals surface area contributed by atoms with Gasteiger partial charge >= 0.3 is 6.03 Å². The molecule has 0 aliphatic heterocycles. The number of carbonyl (C=O) groups is 1. The maximum absolute atomic E-state index is 11.9. The molecule has 0 spiro atoms. The second kappa shape index (κ2) is 6.30. The second-order valence-corrected chi connectivity index (χ2v) is 4.93. The zero-order chi connectivity index (χ0) is 14.5. The Balaban J connectivity index is 1.95. The van der Waals surface area contributed by atoms with Crippen LogP contribution in [0.3, 0.4) is 0 Å². The lowest BCUT2D eigenvalue weighted by Gasteiger charge is -2.15. The standard InChI is InChI=1S/C15H16ClN3O/c1-10(11-5-7-13(17)8-6-11)18-15(20)19-14-4-2-3-12(16)9-14/h2-10H,17H2,1H3,(H2,18,19,20). The molecule has 104 valence electrons. The minimum Gasteiger partial charge on any atom is -0.399 e. The first-order valence-electron chi connectivity index (χ1n) is 6.23. The van der Waals surface area contributed by atoms with Crippen molar-refractivity contribution in [1.29, 1.82) is 0 Å². The highest BCUT2D eigenvalue weighted by Gasteiger charge is 2.09. The van der Waals surface area contributed by atoms with E-state index < -0.39 is 0 Å². The van der Waals surface area contributed by atoms with Crippen LogP contribution in [0.25, 0.3) is 0 Å². The van der Waals surface area contributed by atoms with E-state index in [2.05, 4.69) is 10.6 Å². The summed E-state index contributed by atoms with van der Waals surface area (Å²) >= 11 is 5.86. The van der Waals surface area contributed by atoms with Crippen LogP contribution in [0.5, 0.6) is 0 Å². The van der Waals surface area contributed by atoms with Gasteiger partial charge in [-0.25, -0.2) is 4.79 Å². The third-order valence-corrected chi connectivity index (χ3v) is 3.10. The highest BCUT2D eigenvalue weighted by molar-refractivity contribution is 6.30. The topological polar surface area (TPSA) is 67.2 Å². The Kier molecular flexibility index (Phi) is 4.48. The molecule has 0 aliphatic carbocycles. The minimum absolute atomic E-state index is 0.116. The molecule has 2 aromatic rings. The lowest BCUT2D eigenvalue weighted by Crippen LogP contribution is -2.31. The molecule has 1 atom stereocenters. The highest BCUT2D eigenvalue weighted by Crippen LogP contribution is 2.16. The number of nitrogen functional groups attached to an aromatic ring is 1. The van der Waals surface area contributed by atoms with E-state index >= 15 is 0 Å². The number of hydrogen-bond acceptors (Lipinski definition) is 2. The van der Waals surface area contributed by atoms with Crippen LogP contribution in [-0.4, -0.2) is 6.03 Å². The van der Waals surface area contributed by atoms with Crippen LogP contribution < -0.4 is 16.4 Å². The van der Waals surface area contributed by atoms with Crippen molar-refractivity contribution in [3.8, 4) is 0 Å². The Hall–Kier alpha value is -2.20. The number of hydrogen-bond donors (Lipinski definition) is 3. The van der Waals surface area contributed by atoms with Crippen molar-refractivity contribution in [3.05, 3.63) is 59.1 Å². The second-order valence-electron chi connectivity index (χ2n) is 4.50. The zero-order valence-electron chi connectivity index (χ0n) is 11.1. The van der Waals surface area contributed by atoms with Gasteiger partial charge in [-0.2, -0.15) is 0 Å². The summed E-state index contributed by atoms with van der Waals surface area (Å²) in [5.41, 5.74) is 7.97. The Labute approximate surface area is 122 Å². The van der Waals surface area contributed by atoms with Crippen LogP contribution in [-0.2, 0) is 0 Å².